The van der Waals surface area contributed by atoms with Crippen LogP contribution in [0, 0.1) is 27.7 Å². The topological polar surface area (TPSA) is 85.6 Å². The minimum absolute atomic E-state index is 0.00294. The van der Waals surface area contributed by atoms with Gasteiger partial charge in [-0.15, -0.1) is 0 Å². The molecule has 0 bridgehead atoms. The Bertz CT molecular complexity index is 1720. The molecule has 0 N–H and O–H groups in total. The third-order valence-corrected chi connectivity index (χ3v) is 7.81. The second-order valence-electron chi connectivity index (χ2n) is 9.32. The zero-order chi connectivity index (χ0) is 27.4. The van der Waals surface area contributed by atoms with Crippen molar-refractivity contribution in [3.63, 3.8) is 0 Å². The Hall–Kier alpha value is -3.66. The molecular formula is C27H21F3IN5O2. The highest BCUT2D eigenvalue weighted by atomic mass is 127. The van der Waals surface area contributed by atoms with Crippen LogP contribution in [0.1, 0.15) is 35.4 Å². The molecule has 7 nitrogen and oxygen atoms in total. The molecule has 1 aliphatic carbocycles. The Morgan fingerprint density at radius 3 is 2.39 bits per heavy atom. The second-order valence-corrected chi connectivity index (χ2v) is 10.4. The first kappa shape index (κ1) is 26.0. The molecule has 194 valence electrons. The van der Waals surface area contributed by atoms with Gasteiger partial charge in [0.05, 0.1) is 49.1 Å². The van der Waals surface area contributed by atoms with E-state index in [1.807, 2.05) is 0 Å². The fourth-order valence-electron chi connectivity index (χ4n) is 4.46. The number of rotatable bonds is 5. The lowest BCUT2D eigenvalue weighted by Crippen LogP contribution is -2.40. The second kappa shape index (κ2) is 9.58. The summed E-state index contributed by atoms with van der Waals surface area (Å²) in [6.07, 6.45) is -1.69. The lowest BCUT2D eigenvalue weighted by atomic mass is 10.1. The van der Waals surface area contributed by atoms with Gasteiger partial charge in [-0.3, -0.25) is 13.9 Å². The van der Waals surface area contributed by atoms with Gasteiger partial charge in [0.15, 0.2) is 0 Å². The molecule has 2 heterocycles. The fraction of sp³-hybridized carbons (Fsp3) is 0.259. The van der Waals surface area contributed by atoms with Crippen molar-refractivity contribution in [2.24, 2.45) is 13.0 Å². The first-order chi connectivity index (χ1) is 18.0. The van der Waals surface area contributed by atoms with E-state index in [0.717, 1.165) is 49.8 Å². The molecule has 0 aliphatic heterocycles. The van der Waals surface area contributed by atoms with Crippen LogP contribution in [0.2, 0.25) is 0 Å². The van der Waals surface area contributed by atoms with Gasteiger partial charge in [-0.05, 0) is 97.2 Å². The van der Waals surface area contributed by atoms with E-state index in [2.05, 4.69) is 28.7 Å². The summed E-state index contributed by atoms with van der Waals surface area (Å²) in [6.45, 7) is 1.55. The summed E-state index contributed by atoms with van der Waals surface area (Å²) < 4.78 is 44.7. The minimum atomic E-state index is -4.60. The molecule has 0 amide bonds. The van der Waals surface area contributed by atoms with E-state index >= 15 is 0 Å². The zero-order valence-corrected chi connectivity index (χ0v) is 22.5. The highest BCUT2D eigenvalue weighted by molar-refractivity contribution is 14.1. The van der Waals surface area contributed by atoms with Crippen molar-refractivity contribution in [1.29, 1.82) is 5.26 Å². The smallest absolute Gasteiger partial charge is 0.268 e. The Morgan fingerprint density at radius 2 is 1.79 bits per heavy atom. The van der Waals surface area contributed by atoms with Crippen molar-refractivity contribution in [3.05, 3.63) is 95.5 Å². The number of hydrogen-bond donors (Lipinski definition) is 0. The van der Waals surface area contributed by atoms with Crippen molar-refractivity contribution in [3.8, 4) is 28.7 Å². The van der Waals surface area contributed by atoms with E-state index in [-0.39, 0.29) is 16.9 Å². The van der Waals surface area contributed by atoms with E-state index < -0.39 is 23.0 Å². The average molecular weight is 631 g/mol. The largest absolute Gasteiger partial charge is 0.416 e. The van der Waals surface area contributed by atoms with Crippen molar-refractivity contribution in [1.82, 2.24) is 18.9 Å². The predicted octanol–water partition coefficient (Wildman–Crippen LogP) is 5.14. The standard InChI is InChI=1S/C27H21F3IN5O2/c1-15-22(25(37)34(2)26(38)35(15)20-5-3-4-18(13-20)27(28,29)30)24-23(31)21(12-16-6-7-16)33-36(24)19-10-8-17(14-32)9-11-19/h3-5,8-11,13,16H,6-7,12H2,1-2H3. The Kier molecular flexibility index (Phi) is 6.54. The van der Waals surface area contributed by atoms with Crippen LogP contribution in [0.15, 0.2) is 58.1 Å². The molecule has 0 radical (unpaired) electrons. The molecule has 5 rings (SSSR count). The number of benzene rings is 2. The number of hydrogen-bond acceptors (Lipinski definition) is 4. The van der Waals surface area contributed by atoms with Crippen molar-refractivity contribution in [2.45, 2.75) is 32.4 Å². The average Bonchev–Trinajstić information content (AvgIpc) is 3.66. The highest BCUT2D eigenvalue weighted by Crippen LogP contribution is 2.37. The third-order valence-electron chi connectivity index (χ3n) is 6.68. The summed E-state index contributed by atoms with van der Waals surface area (Å²) in [7, 11) is 1.30. The van der Waals surface area contributed by atoms with E-state index in [0.29, 0.717) is 22.9 Å². The van der Waals surface area contributed by atoms with E-state index in [4.69, 9.17) is 5.10 Å². The van der Waals surface area contributed by atoms with Gasteiger partial charge in [0.25, 0.3) is 5.56 Å². The Labute approximate surface area is 228 Å². The molecule has 0 unspecified atom stereocenters. The first-order valence-electron chi connectivity index (χ1n) is 11.8. The summed E-state index contributed by atoms with van der Waals surface area (Å²) in [5, 5.41) is 14.0. The number of nitriles is 1. The molecule has 1 fully saturated rings. The molecule has 2 aromatic carbocycles. The SMILES string of the molecule is Cc1c(-c2c(I)c(CC3CC3)nn2-c2ccc(C#N)cc2)c(=O)n(C)c(=O)n1-c1cccc(C(F)(F)F)c1. The summed E-state index contributed by atoms with van der Waals surface area (Å²) in [5.41, 5.74) is 0.427. The number of aromatic nitrogens is 4. The fourth-order valence-corrected chi connectivity index (χ4v) is 5.29. The molecule has 0 spiro atoms. The van der Waals surface area contributed by atoms with Gasteiger partial charge in [-0.25, -0.2) is 9.48 Å². The van der Waals surface area contributed by atoms with Crippen molar-refractivity contribution >= 4 is 22.6 Å². The lowest BCUT2D eigenvalue weighted by Gasteiger charge is -2.18. The Balaban J connectivity index is 1.80. The van der Waals surface area contributed by atoms with Gasteiger partial charge in [0, 0.05) is 12.7 Å². The maximum absolute atomic E-state index is 13.6. The van der Waals surface area contributed by atoms with Crippen LogP contribution in [0.25, 0.3) is 22.6 Å². The van der Waals surface area contributed by atoms with Gasteiger partial charge in [0.1, 0.15) is 0 Å². The molecule has 0 atom stereocenters. The number of alkyl halides is 3. The summed E-state index contributed by atoms with van der Waals surface area (Å²) in [4.78, 5) is 26.8. The molecule has 2 aromatic heterocycles. The van der Waals surface area contributed by atoms with Gasteiger partial charge in [-0.1, -0.05) is 6.07 Å². The molecular weight excluding hydrogens is 610 g/mol. The van der Waals surface area contributed by atoms with Gasteiger partial charge in [0.2, 0.25) is 0 Å². The van der Waals surface area contributed by atoms with Crippen LogP contribution in [0.4, 0.5) is 13.2 Å². The normalized spacial score (nSPS) is 13.5. The minimum Gasteiger partial charge on any atom is -0.268 e. The molecule has 4 aromatic rings. The molecule has 1 saturated carbocycles. The van der Waals surface area contributed by atoms with Gasteiger partial charge in [-0.2, -0.15) is 23.5 Å². The molecule has 11 heteroatoms. The Morgan fingerprint density at radius 1 is 1.11 bits per heavy atom. The number of nitrogens with zero attached hydrogens (tertiary/aromatic N) is 5. The van der Waals surface area contributed by atoms with Crippen molar-refractivity contribution < 1.29 is 13.2 Å². The molecule has 1 aliphatic rings. The van der Waals surface area contributed by atoms with Crippen LogP contribution in [0.3, 0.4) is 0 Å². The predicted molar refractivity (Wildman–Crippen MR) is 143 cm³/mol. The number of halogens is 4. The van der Waals surface area contributed by atoms with Gasteiger partial charge < -0.3 is 0 Å². The summed E-state index contributed by atoms with van der Waals surface area (Å²) in [6, 6.07) is 13.2. The third kappa shape index (κ3) is 4.57. The van der Waals surface area contributed by atoms with Crippen LogP contribution >= 0.6 is 22.6 Å². The van der Waals surface area contributed by atoms with E-state index in [1.54, 1.807) is 35.9 Å². The highest BCUT2D eigenvalue weighted by Gasteiger charge is 2.32. The van der Waals surface area contributed by atoms with Crippen molar-refractivity contribution in [2.75, 3.05) is 0 Å². The first-order valence-corrected chi connectivity index (χ1v) is 12.9. The maximum Gasteiger partial charge on any atom is 0.416 e. The quantitative estimate of drug-likeness (QED) is 0.286. The lowest BCUT2D eigenvalue weighted by molar-refractivity contribution is -0.137. The maximum atomic E-state index is 13.6. The molecule has 38 heavy (non-hydrogen) atoms. The zero-order valence-electron chi connectivity index (χ0n) is 20.4. The summed E-state index contributed by atoms with van der Waals surface area (Å²) >= 11 is 2.14. The van der Waals surface area contributed by atoms with Crippen LogP contribution in [0.5, 0.6) is 0 Å². The molecule has 0 saturated heterocycles. The summed E-state index contributed by atoms with van der Waals surface area (Å²) in [5.74, 6) is 0.503. The van der Waals surface area contributed by atoms with Crippen LogP contribution in [-0.4, -0.2) is 18.9 Å². The van der Waals surface area contributed by atoms with E-state index in [1.165, 1.54) is 19.2 Å². The van der Waals surface area contributed by atoms with Gasteiger partial charge >= 0.3 is 11.9 Å². The monoisotopic (exact) mass is 631 g/mol. The van der Waals surface area contributed by atoms with E-state index in [9.17, 15) is 28.0 Å². The van der Waals surface area contributed by atoms with Crippen LogP contribution < -0.4 is 11.2 Å². The van der Waals surface area contributed by atoms with Crippen LogP contribution in [-0.2, 0) is 19.6 Å².